The van der Waals surface area contributed by atoms with E-state index in [-0.39, 0.29) is 0 Å². The van der Waals surface area contributed by atoms with Crippen LogP contribution in [0.3, 0.4) is 0 Å². The van der Waals surface area contributed by atoms with Gasteiger partial charge >= 0.3 is 7.25 Å². The maximum Gasteiger partial charge on any atom is 0.673 e. The summed E-state index contributed by atoms with van der Waals surface area (Å²) in [6.07, 6.45) is 0. The molecule has 3 nitrogen and oxygen atoms in total. The molecule has 0 aliphatic carbocycles. The number of amidine groups is 1. The van der Waals surface area contributed by atoms with Crippen molar-refractivity contribution in [2.24, 2.45) is 4.99 Å². The van der Waals surface area contributed by atoms with Crippen LogP contribution in [0.25, 0.3) is 33.6 Å². The van der Waals surface area contributed by atoms with E-state index in [1.807, 2.05) is 72.8 Å². The molecule has 1 aromatic heterocycles. The van der Waals surface area contributed by atoms with Crippen molar-refractivity contribution in [2.75, 3.05) is 5.43 Å². The van der Waals surface area contributed by atoms with Gasteiger partial charge in [-0.05, 0) is 47.5 Å². The van der Waals surface area contributed by atoms with E-state index in [9.17, 15) is 17.3 Å². The zero-order valence-electron chi connectivity index (χ0n) is 23.9. The number of pyridine rings is 1. The fourth-order valence-electron chi connectivity index (χ4n) is 4.67. The van der Waals surface area contributed by atoms with Gasteiger partial charge in [0.25, 0.3) is 0 Å². The average molecular weight is 624 g/mol. The number of aromatic nitrogens is 1. The van der Waals surface area contributed by atoms with Gasteiger partial charge in [-0.2, -0.15) is 0 Å². The number of halogens is 5. The van der Waals surface area contributed by atoms with Gasteiger partial charge in [-0.25, -0.2) is 4.99 Å². The second-order valence-electron chi connectivity index (χ2n) is 9.83. The van der Waals surface area contributed by atoms with E-state index < -0.39 is 7.25 Å². The lowest BCUT2D eigenvalue weighted by Gasteiger charge is -2.14. The van der Waals surface area contributed by atoms with Crippen LogP contribution in [0.15, 0.2) is 163 Å². The van der Waals surface area contributed by atoms with Crippen molar-refractivity contribution in [1.29, 1.82) is 0 Å². The number of hydrogen-bond donors (Lipinski definition) is 1. The monoisotopic (exact) mass is 623 g/mol. The van der Waals surface area contributed by atoms with Gasteiger partial charge in [0.15, 0.2) is 5.84 Å². The smallest absolute Gasteiger partial charge is 0.418 e. The van der Waals surface area contributed by atoms with Gasteiger partial charge in [0.05, 0.1) is 10.7 Å². The summed E-state index contributed by atoms with van der Waals surface area (Å²) in [4.78, 5) is 5.03. The predicted molar refractivity (Wildman–Crippen MR) is 177 cm³/mol. The van der Waals surface area contributed by atoms with Gasteiger partial charge in [0, 0.05) is 28.8 Å². The van der Waals surface area contributed by atoms with Crippen molar-refractivity contribution >= 4 is 30.4 Å². The van der Waals surface area contributed by atoms with Crippen LogP contribution in [0.4, 0.5) is 23.0 Å². The van der Waals surface area contributed by atoms with Crippen molar-refractivity contribution in [3.63, 3.8) is 0 Å². The highest BCUT2D eigenvalue weighted by Crippen LogP contribution is 2.29. The molecule has 0 fully saturated rings. The Labute approximate surface area is 264 Å². The van der Waals surface area contributed by atoms with E-state index in [1.165, 1.54) is 0 Å². The van der Waals surface area contributed by atoms with Crippen LogP contribution in [-0.2, 0) is 0 Å². The highest BCUT2D eigenvalue weighted by molar-refractivity contribution is 6.50. The molecule has 5 aromatic carbocycles. The van der Waals surface area contributed by atoms with Crippen LogP contribution in [0.2, 0.25) is 5.02 Å². The number of benzene rings is 5. The molecule has 9 heteroatoms. The van der Waals surface area contributed by atoms with Gasteiger partial charge in [0.2, 0.25) is 11.4 Å². The number of aliphatic imine (C=N–C) groups is 1. The molecular weight excluding hydrogens is 597 g/mol. The first-order valence-corrected chi connectivity index (χ1v) is 14.4. The van der Waals surface area contributed by atoms with Gasteiger partial charge in [0.1, 0.15) is 0 Å². The summed E-state index contributed by atoms with van der Waals surface area (Å²) in [6.45, 7) is 0. The highest BCUT2D eigenvalue weighted by atomic mass is 35.5. The second-order valence-corrected chi connectivity index (χ2v) is 10.2. The standard InChI is InChI=1S/C36H27ClN3.BF4/c37-32-23-13-14-24-33(32)38-36(30-21-11-4-12-22-30)39-40-34(28-17-7-2-8-18-28)25-31(27-15-5-1-6-16-27)26-35(40)29-19-9-3-10-20-29;2-1(3,4)5/h1-26H,(H,38,39);/q+1;-1. The van der Waals surface area contributed by atoms with E-state index in [0.29, 0.717) is 16.5 Å². The first-order valence-electron chi connectivity index (χ1n) is 14.1. The molecule has 0 saturated heterocycles. The molecule has 0 saturated carbocycles. The summed E-state index contributed by atoms with van der Waals surface area (Å²) < 4.78 is 41.1. The topological polar surface area (TPSA) is 28.3 Å². The summed E-state index contributed by atoms with van der Waals surface area (Å²) in [7, 11) is -6.00. The summed E-state index contributed by atoms with van der Waals surface area (Å²) >= 11 is 6.56. The molecule has 1 N–H and O–H groups in total. The first kappa shape index (κ1) is 31.2. The molecule has 0 atom stereocenters. The Morgan fingerprint density at radius 2 is 0.933 bits per heavy atom. The maximum absolute atomic E-state index is 9.75. The molecule has 0 aliphatic rings. The molecule has 6 rings (SSSR count). The van der Waals surface area contributed by atoms with Gasteiger partial charge in [-0.1, -0.05) is 125 Å². The zero-order valence-corrected chi connectivity index (χ0v) is 24.6. The fourth-order valence-corrected chi connectivity index (χ4v) is 4.85. The summed E-state index contributed by atoms with van der Waals surface area (Å²) in [5.41, 5.74) is 11.8. The van der Waals surface area contributed by atoms with Crippen molar-refractivity contribution in [1.82, 2.24) is 0 Å². The third-order valence-corrected chi connectivity index (χ3v) is 6.98. The number of nitrogens with one attached hydrogen (secondary N) is 1. The van der Waals surface area contributed by atoms with Crippen LogP contribution < -0.4 is 10.1 Å². The third kappa shape index (κ3) is 8.68. The molecule has 0 spiro atoms. The lowest BCUT2D eigenvalue weighted by Crippen LogP contribution is -2.52. The normalized spacial score (nSPS) is 11.4. The Bertz CT molecular complexity index is 1800. The number of hydrogen-bond acceptors (Lipinski definition) is 1. The SMILES string of the molecule is Clc1ccccc1N=C(N[n+]1c(-c2ccccc2)cc(-c2ccccc2)cc1-c1ccccc1)c1ccccc1.F[B-](F)(F)F. The Balaban J connectivity index is 0.000000743. The molecule has 6 aromatic rings. The molecule has 0 amide bonds. The minimum atomic E-state index is -6.00. The van der Waals surface area contributed by atoms with Gasteiger partial charge in [-0.3, -0.25) is 0 Å². The molecule has 0 bridgehead atoms. The van der Waals surface area contributed by atoms with E-state index in [2.05, 4.69) is 95.0 Å². The summed E-state index contributed by atoms with van der Waals surface area (Å²) in [5, 5.41) is 0.591. The second kappa shape index (κ2) is 14.5. The van der Waals surface area contributed by atoms with E-state index in [1.54, 1.807) is 0 Å². The largest absolute Gasteiger partial charge is 0.673 e. The van der Waals surface area contributed by atoms with Gasteiger partial charge in [-0.15, -0.1) is 5.43 Å². The Hall–Kier alpha value is -5.21. The lowest BCUT2D eigenvalue weighted by atomic mass is 9.99. The zero-order chi connectivity index (χ0) is 31.6. The average Bonchev–Trinajstić information content (AvgIpc) is 3.06. The van der Waals surface area contributed by atoms with E-state index in [4.69, 9.17) is 16.6 Å². The maximum atomic E-state index is 9.75. The Morgan fingerprint density at radius 1 is 0.533 bits per heavy atom. The van der Waals surface area contributed by atoms with Gasteiger partial charge < -0.3 is 17.3 Å². The molecular formula is C36H27BClF4N3. The van der Waals surface area contributed by atoms with Crippen molar-refractivity contribution < 1.29 is 21.9 Å². The number of nitrogens with zero attached hydrogens (tertiary/aromatic N) is 2. The van der Waals surface area contributed by atoms with Crippen LogP contribution in [0.5, 0.6) is 0 Å². The molecule has 224 valence electrons. The molecule has 0 aliphatic heterocycles. The molecule has 0 radical (unpaired) electrons. The van der Waals surface area contributed by atoms with Crippen LogP contribution >= 0.6 is 11.6 Å². The van der Waals surface area contributed by atoms with Crippen molar-refractivity contribution in [3.05, 3.63) is 168 Å². The quantitative estimate of drug-likeness (QED) is 0.0646. The fraction of sp³-hybridized carbons (Fsp3) is 0. The predicted octanol–water partition coefficient (Wildman–Crippen LogP) is 10.3. The van der Waals surface area contributed by atoms with Crippen LogP contribution in [-0.4, -0.2) is 13.1 Å². The first-order chi connectivity index (χ1) is 21.8. The number of para-hydroxylation sites is 1. The van der Waals surface area contributed by atoms with Crippen molar-refractivity contribution in [3.8, 4) is 33.6 Å². The van der Waals surface area contributed by atoms with Crippen molar-refractivity contribution in [2.45, 2.75) is 0 Å². The van der Waals surface area contributed by atoms with Crippen LogP contribution in [0.1, 0.15) is 5.56 Å². The highest BCUT2D eigenvalue weighted by Gasteiger charge is 2.25. The minimum absolute atomic E-state index is 0.591. The van der Waals surface area contributed by atoms with E-state index >= 15 is 0 Å². The van der Waals surface area contributed by atoms with E-state index in [0.717, 1.165) is 39.2 Å². The minimum Gasteiger partial charge on any atom is -0.418 e. The molecule has 0 unspecified atom stereocenters. The van der Waals surface area contributed by atoms with Crippen LogP contribution in [0, 0.1) is 0 Å². The molecule has 1 heterocycles. The lowest BCUT2D eigenvalue weighted by molar-refractivity contribution is -0.617. The Morgan fingerprint density at radius 3 is 1.40 bits per heavy atom. The molecule has 45 heavy (non-hydrogen) atoms. The Kier molecular flexibility index (Phi) is 10.1. The summed E-state index contributed by atoms with van der Waals surface area (Å²) in [5.74, 6) is 0.681. The third-order valence-electron chi connectivity index (χ3n) is 6.66. The summed E-state index contributed by atoms with van der Waals surface area (Å²) in [6, 6.07) is 53.5. The number of rotatable bonds is 6.